The fourth-order valence-electron chi connectivity index (χ4n) is 5.45. The predicted molar refractivity (Wildman–Crippen MR) is 122 cm³/mol. The number of rotatable bonds is 6. The summed E-state index contributed by atoms with van der Waals surface area (Å²) < 4.78 is 5.56. The third-order valence-corrected chi connectivity index (χ3v) is 7.38. The highest BCUT2D eigenvalue weighted by molar-refractivity contribution is 5.81. The standard InChI is InChI=1S/C26H28N2O5/c1-16(12-23(29)28-13-22(24(30)31)26(15-28)10-11-26)27-25(32)33-14-21-19-8-4-2-6-17(19)18-7-3-5-9-20(18)21/h2-9,16,21-22H,10-15H2,1H3,(H,27,32)(H,30,31)/t16-,22?/m0/s1. The molecule has 1 heterocycles. The largest absolute Gasteiger partial charge is 0.481 e. The number of ether oxygens (including phenoxy) is 1. The molecule has 0 bridgehead atoms. The first-order chi connectivity index (χ1) is 15.9. The van der Waals surface area contributed by atoms with Crippen molar-refractivity contribution in [3.8, 4) is 11.1 Å². The molecular weight excluding hydrogens is 420 g/mol. The van der Waals surface area contributed by atoms with E-state index >= 15 is 0 Å². The van der Waals surface area contributed by atoms with Crippen LogP contribution in [-0.2, 0) is 14.3 Å². The van der Waals surface area contributed by atoms with E-state index in [-0.39, 0.29) is 36.8 Å². The van der Waals surface area contributed by atoms with E-state index in [2.05, 4.69) is 29.6 Å². The summed E-state index contributed by atoms with van der Waals surface area (Å²) in [6.45, 7) is 2.73. The number of nitrogens with zero attached hydrogens (tertiary/aromatic N) is 1. The molecule has 2 aliphatic carbocycles. The maximum atomic E-state index is 12.7. The van der Waals surface area contributed by atoms with E-state index in [4.69, 9.17) is 4.74 Å². The van der Waals surface area contributed by atoms with Gasteiger partial charge in [0.15, 0.2) is 0 Å². The number of aliphatic carboxylic acids is 1. The molecule has 172 valence electrons. The maximum Gasteiger partial charge on any atom is 0.407 e. The SMILES string of the molecule is C[C@@H](CC(=O)N1CC(C(=O)O)C2(CC2)C1)NC(=O)OCC1c2ccccc2-c2ccccc21. The summed E-state index contributed by atoms with van der Waals surface area (Å²) in [5.41, 5.74) is 4.39. The second-order valence-electron chi connectivity index (χ2n) is 9.60. The minimum absolute atomic E-state index is 0.0210. The summed E-state index contributed by atoms with van der Waals surface area (Å²) in [6.07, 6.45) is 1.29. The van der Waals surface area contributed by atoms with Gasteiger partial charge in [-0.25, -0.2) is 4.79 Å². The maximum absolute atomic E-state index is 12.7. The van der Waals surface area contributed by atoms with Gasteiger partial charge in [0, 0.05) is 36.9 Å². The van der Waals surface area contributed by atoms with E-state index in [1.54, 1.807) is 11.8 Å². The van der Waals surface area contributed by atoms with Gasteiger partial charge in [0.25, 0.3) is 0 Å². The first kappa shape index (κ1) is 21.5. The van der Waals surface area contributed by atoms with Crippen LogP contribution in [0.25, 0.3) is 11.1 Å². The fourth-order valence-corrected chi connectivity index (χ4v) is 5.45. The Labute approximate surface area is 192 Å². The van der Waals surface area contributed by atoms with Crippen molar-refractivity contribution in [1.82, 2.24) is 10.2 Å². The van der Waals surface area contributed by atoms with Crippen LogP contribution in [0.1, 0.15) is 43.2 Å². The van der Waals surface area contributed by atoms with Crippen molar-refractivity contribution >= 4 is 18.0 Å². The molecule has 1 unspecified atom stereocenters. The van der Waals surface area contributed by atoms with Gasteiger partial charge in [0.1, 0.15) is 6.61 Å². The lowest BCUT2D eigenvalue weighted by Gasteiger charge is -2.20. The van der Waals surface area contributed by atoms with Crippen LogP contribution in [0.4, 0.5) is 4.79 Å². The van der Waals surface area contributed by atoms with E-state index in [0.29, 0.717) is 6.54 Å². The van der Waals surface area contributed by atoms with Gasteiger partial charge in [-0.05, 0) is 42.0 Å². The zero-order valence-electron chi connectivity index (χ0n) is 18.6. The van der Waals surface area contributed by atoms with Crippen molar-refractivity contribution in [2.75, 3.05) is 19.7 Å². The van der Waals surface area contributed by atoms with Crippen LogP contribution in [0.15, 0.2) is 48.5 Å². The Kier molecular flexibility index (Phi) is 5.35. The number of alkyl carbamates (subject to hydrolysis) is 1. The molecule has 0 aromatic heterocycles. The summed E-state index contributed by atoms with van der Waals surface area (Å²) in [7, 11) is 0. The minimum Gasteiger partial charge on any atom is -0.481 e. The molecule has 2 N–H and O–H groups in total. The summed E-state index contributed by atoms with van der Waals surface area (Å²) in [6, 6.07) is 15.9. The lowest BCUT2D eigenvalue weighted by molar-refractivity contribution is -0.143. The van der Waals surface area contributed by atoms with Crippen LogP contribution in [0.3, 0.4) is 0 Å². The number of hydrogen-bond donors (Lipinski definition) is 2. The molecular formula is C26H28N2O5. The average Bonchev–Trinajstić information content (AvgIpc) is 3.34. The Morgan fingerprint density at radius 3 is 2.24 bits per heavy atom. The van der Waals surface area contributed by atoms with Crippen LogP contribution in [0.2, 0.25) is 0 Å². The first-order valence-corrected chi connectivity index (χ1v) is 11.5. The van der Waals surface area contributed by atoms with Crippen LogP contribution >= 0.6 is 0 Å². The Morgan fingerprint density at radius 1 is 1.09 bits per heavy atom. The number of likely N-dealkylation sites (tertiary alicyclic amines) is 1. The smallest absolute Gasteiger partial charge is 0.407 e. The van der Waals surface area contributed by atoms with Crippen molar-refractivity contribution < 1.29 is 24.2 Å². The summed E-state index contributed by atoms with van der Waals surface area (Å²) in [5, 5.41) is 12.2. The van der Waals surface area contributed by atoms with E-state index < -0.39 is 24.0 Å². The number of amides is 2. The lowest BCUT2D eigenvalue weighted by Crippen LogP contribution is -2.39. The van der Waals surface area contributed by atoms with Crippen molar-refractivity contribution in [3.63, 3.8) is 0 Å². The van der Waals surface area contributed by atoms with Gasteiger partial charge >= 0.3 is 12.1 Å². The number of carbonyl (C=O) groups excluding carboxylic acids is 2. The molecule has 3 aliphatic rings. The normalized spacial score (nSPS) is 20.8. The average molecular weight is 449 g/mol. The number of carboxylic acids is 1. The second kappa shape index (κ2) is 8.21. The number of hydrogen-bond acceptors (Lipinski definition) is 4. The molecule has 1 aliphatic heterocycles. The van der Waals surface area contributed by atoms with Gasteiger partial charge in [-0.15, -0.1) is 0 Å². The van der Waals surface area contributed by atoms with Gasteiger partial charge in [-0.2, -0.15) is 0 Å². The molecule has 33 heavy (non-hydrogen) atoms. The fraction of sp³-hybridized carbons (Fsp3) is 0.423. The highest BCUT2D eigenvalue weighted by Crippen LogP contribution is 2.56. The number of fused-ring (bicyclic) bond motifs is 3. The monoisotopic (exact) mass is 448 g/mol. The number of carboxylic acid groups (broad SMARTS) is 1. The molecule has 2 amide bonds. The molecule has 2 aromatic carbocycles. The highest BCUT2D eigenvalue weighted by Gasteiger charge is 2.58. The van der Waals surface area contributed by atoms with E-state index in [1.807, 2.05) is 24.3 Å². The summed E-state index contributed by atoms with van der Waals surface area (Å²) >= 11 is 0. The molecule has 1 saturated heterocycles. The van der Waals surface area contributed by atoms with Crippen LogP contribution in [0.5, 0.6) is 0 Å². The van der Waals surface area contributed by atoms with Gasteiger partial charge < -0.3 is 20.1 Å². The molecule has 0 radical (unpaired) electrons. The summed E-state index contributed by atoms with van der Waals surface area (Å²) in [5.74, 6) is -1.46. The third kappa shape index (κ3) is 3.96. The van der Waals surface area contributed by atoms with Gasteiger partial charge in [-0.3, -0.25) is 9.59 Å². The topological polar surface area (TPSA) is 95.9 Å². The Balaban J connectivity index is 1.15. The Hall–Kier alpha value is -3.35. The molecule has 5 rings (SSSR count). The number of carbonyl (C=O) groups is 3. The van der Waals surface area contributed by atoms with Crippen molar-refractivity contribution in [2.45, 2.75) is 38.1 Å². The quantitative estimate of drug-likeness (QED) is 0.704. The molecule has 2 aromatic rings. The molecule has 1 spiro atoms. The zero-order chi connectivity index (χ0) is 23.2. The molecule has 1 saturated carbocycles. The Bertz CT molecular complexity index is 1060. The van der Waals surface area contributed by atoms with Crippen molar-refractivity contribution in [3.05, 3.63) is 59.7 Å². The van der Waals surface area contributed by atoms with Crippen LogP contribution in [-0.4, -0.2) is 53.7 Å². The van der Waals surface area contributed by atoms with Crippen LogP contribution in [0, 0.1) is 11.3 Å². The highest BCUT2D eigenvalue weighted by atomic mass is 16.5. The molecule has 2 fully saturated rings. The van der Waals surface area contributed by atoms with Crippen molar-refractivity contribution in [1.29, 1.82) is 0 Å². The molecule has 2 atom stereocenters. The second-order valence-corrected chi connectivity index (χ2v) is 9.60. The first-order valence-electron chi connectivity index (χ1n) is 11.5. The van der Waals surface area contributed by atoms with Gasteiger partial charge in [-0.1, -0.05) is 48.5 Å². The zero-order valence-corrected chi connectivity index (χ0v) is 18.6. The van der Waals surface area contributed by atoms with E-state index in [0.717, 1.165) is 24.0 Å². The number of nitrogens with one attached hydrogen (secondary N) is 1. The third-order valence-electron chi connectivity index (χ3n) is 7.38. The minimum atomic E-state index is -0.826. The van der Waals surface area contributed by atoms with Gasteiger partial charge in [0.05, 0.1) is 5.92 Å². The van der Waals surface area contributed by atoms with Crippen molar-refractivity contribution in [2.24, 2.45) is 11.3 Å². The lowest BCUT2D eigenvalue weighted by atomic mass is 9.93. The number of benzene rings is 2. The predicted octanol–water partition coefficient (Wildman–Crippen LogP) is 3.63. The Morgan fingerprint density at radius 2 is 1.70 bits per heavy atom. The van der Waals surface area contributed by atoms with E-state index in [9.17, 15) is 19.5 Å². The van der Waals surface area contributed by atoms with Crippen LogP contribution < -0.4 is 5.32 Å². The van der Waals surface area contributed by atoms with E-state index in [1.165, 1.54) is 11.1 Å². The molecule has 7 nitrogen and oxygen atoms in total. The summed E-state index contributed by atoms with van der Waals surface area (Å²) in [4.78, 5) is 38.3. The molecule has 7 heteroatoms. The van der Waals surface area contributed by atoms with Gasteiger partial charge in [0.2, 0.25) is 5.91 Å².